The Kier molecular flexibility index (Phi) is 5.67. The van der Waals surface area contributed by atoms with Gasteiger partial charge in [-0.25, -0.2) is 9.97 Å². The van der Waals surface area contributed by atoms with Crippen LogP contribution in [0, 0.1) is 11.8 Å². The van der Waals surface area contributed by atoms with Gasteiger partial charge in [-0.1, -0.05) is 37.3 Å². The summed E-state index contributed by atoms with van der Waals surface area (Å²) in [5.41, 5.74) is 1.90. The number of carbonyl (C=O) groups is 1. The lowest BCUT2D eigenvalue weighted by molar-refractivity contribution is 0.103. The summed E-state index contributed by atoms with van der Waals surface area (Å²) in [5, 5.41) is 17.3. The van der Waals surface area contributed by atoms with Crippen LogP contribution in [-0.2, 0) is 6.54 Å². The van der Waals surface area contributed by atoms with Gasteiger partial charge in [-0.3, -0.25) is 9.48 Å². The van der Waals surface area contributed by atoms with Gasteiger partial charge < -0.3 is 10.4 Å². The molecule has 0 amide bonds. The molecule has 2 aromatic heterocycles. The molecule has 1 aliphatic carbocycles. The maximum Gasteiger partial charge on any atom is 0.218 e. The standard InChI is InChI=1S/C22H25N5O2/c1-15-9-18(10-17(15)13-28)25-22-19(11-23-14-24-22)21(29)20-7-8-27(26-20)12-16-5-3-2-4-6-16/h2-8,11,14-15,17-18,28H,9-10,12-13H2,1H3,(H,23,24,25)/t15-,17+,18-/m0/s1. The Morgan fingerprint density at radius 3 is 2.83 bits per heavy atom. The molecule has 4 rings (SSSR count). The van der Waals surface area contributed by atoms with E-state index in [0.717, 1.165) is 18.4 Å². The van der Waals surface area contributed by atoms with Crippen molar-refractivity contribution in [3.8, 4) is 0 Å². The Morgan fingerprint density at radius 1 is 1.24 bits per heavy atom. The van der Waals surface area contributed by atoms with E-state index < -0.39 is 0 Å². The third-order valence-electron chi connectivity index (χ3n) is 5.64. The van der Waals surface area contributed by atoms with Gasteiger partial charge in [-0.05, 0) is 36.3 Å². The molecular formula is C22H25N5O2. The Hall–Kier alpha value is -3.06. The highest BCUT2D eigenvalue weighted by molar-refractivity contribution is 6.10. The van der Waals surface area contributed by atoms with Crippen molar-refractivity contribution in [3.05, 3.63) is 71.9 Å². The van der Waals surface area contributed by atoms with Crippen LogP contribution in [0.3, 0.4) is 0 Å². The maximum absolute atomic E-state index is 13.1. The van der Waals surface area contributed by atoms with Crippen molar-refractivity contribution >= 4 is 11.6 Å². The van der Waals surface area contributed by atoms with E-state index >= 15 is 0 Å². The number of nitrogens with zero attached hydrogens (tertiary/aromatic N) is 4. The number of ketones is 1. The molecule has 3 atom stereocenters. The summed E-state index contributed by atoms with van der Waals surface area (Å²) in [7, 11) is 0. The summed E-state index contributed by atoms with van der Waals surface area (Å²) < 4.78 is 1.75. The molecule has 29 heavy (non-hydrogen) atoms. The molecule has 150 valence electrons. The van der Waals surface area contributed by atoms with Crippen LogP contribution >= 0.6 is 0 Å². The zero-order chi connectivity index (χ0) is 20.2. The molecule has 7 heteroatoms. The molecule has 0 unspecified atom stereocenters. The maximum atomic E-state index is 13.1. The third kappa shape index (κ3) is 4.35. The number of anilines is 1. The van der Waals surface area contributed by atoms with Crippen LogP contribution < -0.4 is 5.32 Å². The van der Waals surface area contributed by atoms with Crippen LogP contribution in [0.15, 0.2) is 55.1 Å². The van der Waals surface area contributed by atoms with Gasteiger partial charge in [0.25, 0.3) is 0 Å². The van der Waals surface area contributed by atoms with Crippen LogP contribution in [-0.4, -0.2) is 43.3 Å². The van der Waals surface area contributed by atoms with Crippen LogP contribution in [0.1, 0.15) is 41.4 Å². The van der Waals surface area contributed by atoms with Crippen molar-refractivity contribution in [2.24, 2.45) is 11.8 Å². The van der Waals surface area contributed by atoms with Crippen molar-refractivity contribution in [1.82, 2.24) is 19.7 Å². The van der Waals surface area contributed by atoms with Gasteiger partial charge >= 0.3 is 0 Å². The second-order valence-electron chi connectivity index (χ2n) is 7.73. The monoisotopic (exact) mass is 391 g/mol. The zero-order valence-electron chi connectivity index (χ0n) is 16.4. The quantitative estimate of drug-likeness (QED) is 0.602. The van der Waals surface area contributed by atoms with Gasteiger partial charge in [0.2, 0.25) is 5.78 Å². The fourth-order valence-electron chi connectivity index (χ4n) is 3.99. The normalized spacial score (nSPS) is 21.2. The molecule has 2 heterocycles. The minimum atomic E-state index is -0.204. The van der Waals surface area contributed by atoms with Gasteiger partial charge in [0.15, 0.2) is 0 Å². The van der Waals surface area contributed by atoms with E-state index in [1.54, 1.807) is 10.7 Å². The molecule has 0 radical (unpaired) electrons. The molecular weight excluding hydrogens is 366 g/mol. The smallest absolute Gasteiger partial charge is 0.218 e. The highest BCUT2D eigenvalue weighted by atomic mass is 16.3. The first kappa shape index (κ1) is 19.3. The molecule has 0 saturated heterocycles. The fraction of sp³-hybridized carbons (Fsp3) is 0.364. The zero-order valence-corrected chi connectivity index (χ0v) is 16.4. The first-order valence-corrected chi connectivity index (χ1v) is 9.93. The first-order valence-electron chi connectivity index (χ1n) is 9.93. The summed E-state index contributed by atoms with van der Waals surface area (Å²) in [6.07, 6.45) is 6.59. The molecule has 7 nitrogen and oxygen atoms in total. The number of hydrogen-bond donors (Lipinski definition) is 2. The third-order valence-corrected chi connectivity index (χ3v) is 5.64. The molecule has 0 bridgehead atoms. The number of aromatic nitrogens is 4. The summed E-state index contributed by atoms with van der Waals surface area (Å²) in [4.78, 5) is 21.4. The average Bonchev–Trinajstić information content (AvgIpc) is 3.35. The highest BCUT2D eigenvalue weighted by Crippen LogP contribution is 2.33. The average molecular weight is 391 g/mol. The topological polar surface area (TPSA) is 92.9 Å². The molecule has 3 aromatic rings. The van der Waals surface area contributed by atoms with Crippen molar-refractivity contribution in [2.75, 3.05) is 11.9 Å². The Labute approximate surface area is 169 Å². The van der Waals surface area contributed by atoms with Gasteiger partial charge in [0.05, 0.1) is 12.1 Å². The van der Waals surface area contributed by atoms with Crippen molar-refractivity contribution in [1.29, 1.82) is 0 Å². The fourth-order valence-corrected chi connectivity index (χ4v) is 3.99. The van der Waals surface area contributed by atoms with Crippen LogP contribution in [0.2, 0.25) is 0 Å². The number of benzene rings is 1. The molecule has 0 spiro atoms. The minimum Gasteiger partial charge on any atom is -0.396 e. The van der Waals surface area contributed by atoms with Crippen molar-refractivity contribution in [2.45, 2.75) is 32.4 Å². The Bertz CT molecular complexity index is 972. The van der Waals surface area contributed by atoms with Crippen LogP contribution in [0.25, 0.3) is 0 Å². The largest absolute Gasteiger partial charge is 0.396 e. The van der Waals surface area contributed by atoms with E-state index in [2.05, 4.69) is 27.3 Å². The minimum absolute atomic E-state index is 0.180. The van der Waals surface area contributed by atoms with Crippen LogP contribution in [0.4, 0.5) is 5.82 Å². The Morgan fingerprint density at radius 2 is 2.07 bits per heavy atom. The SMILES string of the molecule is C[C@H]1C[C@H](Nc2ncncc2C(=O)c2ccn(Cc3ccccc3)n2)C[C@@H]1CO. The number of aliphatic hydroxyl groups is 1. The lowest BCUT2D eigenvalue weighted by Gasteiger charge is -2.15. The molecule has 0 aliphatic heterocycles. The van der Waals surface area contributed by atoms with Gasteiger partial charge in [0.1, 0.15) is 17.8 Å². The molecule has 1 aliphatic rings. The highest BCUT2D eigenvalue weighted by Gasteiger charge is 2.31. The van der Waals surface area contributed by atoms with E-state index in [9.17, 15) is 9.90 Å². The second-order valence-corrected chi connectivity index (χ2v) is 7.73. The molecule has 1 aromatic carbocycles. The van der Waals surface area contributed by atoms with E-state index in [1.165, 1.54) is 12.5 Å². The van der Waals surface area contributed by atoms with Gasteiger partial charge in [0, 0.05) is 25.0 Å². The van der Waals surface area contributed by atoms with Crippen LogP contribution in [0.5, 0.6) is 0 Å². The number of rotatable bonds is 7. The Balaban J connectivity index is 1.50. The van der Waals surface area contributed by atoms with Crippen molar-refractivity contribution < 1.29 is 9.90 Å². The predicted octanol–water partition coefficient (Wildman–Crippen LogP) is 2.77. The molecule has 1 fully saturated rings. The van der Waals surface area contributed by atoms with E-state index in [0.29, 0.717) is 29.5 Å². The summed E-state index contributed by atoms with van der Waals surface area (Å²) in [5.74, 6) is 1.04. The van der Waals surface area contributed by atoms with E-state index in [1.807, 2.05) is 36.5 Å². The number of aliphatic hydroxyl groups excluding tert-OH is 1. The second kappa shape index (κ2) is 8.53. The summed E-state index contributed by atoms with van der Waals surface area (Å²) in [6, 6.07) is 11.9. The molecule has 2 N–H and O–H groups in total. The van der Waals surface area contributed by atoms with Gasteiger partial charge in [-0.15, -0.1) is 0 Å². The predicted molar refractivity (Wildman–Crippen MR) is 110 cm³/mol. The molecule has 1 saturated carbocycles. The lowest BCUT2D eigenvalue weighted by Crippen LogP contribution is -2.20. The number of hydrogen-bond acceptors (Lipinski definition) is 6. The summed E-state index contributed by atoms with van der Waals surface area (Å²) in [6.45, 7) is 2.94. The lowest BCUT2D eigenvalue weighted by atomic mass is 10.00. The van der Waals surface area contributed by atoms with Gasteiger partial charge in [-0.2, -0.15) is 5.10 Å². The van der Waals surface area contributed by atoms with E-state index in [-0.39, 0.29) is 24.3 Å². The van der Waals surface area contributed by atoms with Crippen molar-refractivity contribution in [3.63, 3.8) is 0 Å². The first-order chi connectivity index (χ1) is 14.1. The summed E-state index contributed by atoms with van der Waals surface area (Å²) >= 11 is 0. The van der Waals surface area contributed by atoms with E-state index in [4.69, 9.17) is 0 Å². The number of carbonyl (C=O) groups excluding carboxylic acids is 1. The number of nitrogens with one attached hydrogen (secondary N) is 1.